The van der Waals surface area contributed by atoms with E-state index in [1.807, 2.05) is 13.8 Å². The minimum absolute atomic E-state index is 0.0139. The fourth-order valence-electron chi connectivity index (χ4n) is 2.79. The maximum absolute atomic E-state index is 13.8. The van der Waals surface area contributed by atoms with Crippen molar-refractivity contribution >= 4 is 35.2 Å². The summed E-state index contributed by atoms with van der Waals surface area (Å²) in [6.07, 6.45) is 0.152. The highest BCUT2D eigenvalue weighted by molar-refractivity contribution is 6.33. The van der Waals surface area contributed by atoms with E-state index < -0.39 is 17.8 Å². The van der Waals surface area contributed by atoms with Gasteiger partial charge >= 0.3 is 12.0 Å². The second-order valence-corrected chi connectivity index (χ2v) is 6.52. The van der Waals surface area contributed by atoms with Crippen LogP contribution in [-0.2, 0) is 9.53 Å². The number of rotatable bonds is 5. The van der Waals surface area contributed by atoms with Crippen LogP contribution in [0.3, 0.4) is 0 Å². The molecule has 0 bridgehead atoms. The normalized spacial score (nSPS) is 14.1. The summed E-state index contributed by atoms with van der Waals surface area (Å²) in [6, 6.07) is 2.66. The number of carbonyl (C=O) groups excluding carboxylic acids is 3. The Labute approximate surface area is 195 Å². The Hall–Kier alpha value is -3.31. The van der Waals surface area contributed by atoms with Gasteiger partial charge in [0.1, 0.15) is 5.76 Å². The fraction of sp³-hybridized carbons (Fsp3) is 0.381. The number of hydrogen-bond donors (Lipinski definition) is 4. The zero-order valence-electron chi connectivity index (χ0n) is 18.9. The number of anilines is 1. The molecule has 1 unspecified atom stereocenters. The highest BCUT2D eigenvalue weighted by Gasteiger charge is 2.26. The summed E-state index contributed by atoms with van der Waals surface area (Å²) in [6.45, 7) is 4.30. The first-order valence-electron chi connectivity index (χ1n) is 9.86. The topological polar surface area (TPSA) is 139 Å². The number of hydrogen-bond acceptors (Lipinski definition) is 7. The van der Waals surface area contributed by atoms with Crippen LogP contribution in [-0.4, -0.2) is 56.9 Å². The molecule has 1 aromatic carbocycles. The number of aliphatic hydroxyl groups is 1. The first-order chi connectivity index (χ1) is 15.8. The molecule has 10 nitrogen and oxygen atoms in total. The van der Waals surface area contributed by atoms with E-state index in [1.165, 1.54) is 19.2 Å². The van der Waals surface area contributed by atoms with Crippen LogP contribution >= 0.6 is 11.6 Å². The van der Waals surface area contributed by atoms with Gasteiger partial charge in [0.05, 0.1) is 31.0 Å². The Morgan fingerprint density at radius 2 is 1.91 bits per heavy atom. The van der Waals surface area contributed by atoms with Crippen molar-refractivity contribution in [2.75, 3.05) is 33.2 Å². The minimum atomic E-state index is -0.838. The van der Waals surface area contributed by atoms with E-state index in [0.29, 0.717) is 6.54 Å². The summed E-state index contributed by atoms with van der Waals surface area (Å²) in [4.78, 5) is 35.5. The SMILES string of the molecule is CC.CO.COC(=O)c1oc(-c2cc(OC)c(F)cc2Cl)cc1NC(=O)NC1CNC(=O)C1. The van der Waals surface area contributed by atoms with Gasteiger partial charge in [-0.05, 0) is 12.1 Å². The van der Waals surface area contributed by atoms with Crippen LogP contribution in [0.15, 0.2) is 22.6 Å². The number of amides is 3. The summed E-state index contributed by atoms with van der Waals surface area (Å²) in [5.74, 6) is -1.95. The third-order valence-corrected chi connectivity index (χ3v) is 4.48. The van der Waals surface area contributed by atoms with Gasteiger partial charge in [-0.25, -0.2) is 14.0 Å². The van der Waals surface area contributed by atoms with Crippen LogP contribution in [0.1, 0.15) is 30.8 Å². The quantitative estimate of drug-likeness (QED) is 0.475. The lowest BCUT2D eigenvalue weighted by atomic mass is 10.1. The number of furan rings is 1. The van der Waals surface area contributed by atoms with Crippen molar-refractivity contribution in [1.29, 1.82) is 0 Å². The Balaban J connectivity index is 0.00000129. The zero-order chi connectivity index (χ0) is 25.1. The van der Waals surface area contributed by atoms with E-state index >= 15 is 0 Å². The second kappa shape index (κ2) is 13.3. The number of ether oxygens (including phenoxy) is 2. The Morgan fingerprint density at radius 1 is 1.24 bits per heavy atom. The number of halogens is 2. The molecule has 0 spiro atoms. The summed E-state index contributed by atoms with van der Waals surface area (Å²) in [5, 5.41) is 14.7. The van der Waals surface area contributed by atoms with E-state index in [4.69, 9.17) is 25.9 Å². The molecular weight excluding hydrogens is 461 g/mol. The molecule has 2 aromatic rings. The van der Waals surface area contributed by atoms with Crippen molar-refractivity contribution < 1.29 is 37.8 Å². The molecule has 3 amide bonds. The van der Waals surface area contributed by atoms with Gasteiger partial charge in [0.15, 0.2) is 11.6 Å². The number of urea groups is 1. The molecule has 1 atom stereocenters. The lowest BCUT2D eigenvalue weighted by Crippen LogP contribution is -2.39. The van der Waals surface area contributed by atoms with Crippen LogP contribution < -0.4 is 20.7 Å². The predicted octanol–water partition coefficient (Wildman–Crippen LogP) is 3.18. The summed E-state index contributed by atoms with van der Waals surface area (Å²) < 4.78 is 28.9. The van der Waals surface area contributed by atoms with E-state index in [-0.39, 0.29) is 51.9 Å². The van der Waals surface area contributed by atoms with Crippen molar-refractivity contribution in [3.05, 3.63) is 34.8 Å². The largest absolute Gasteiger partial charge is 0.494 e. The summed E-state index contributed by atoms with van der Waals surface area (Å²) in [7, 11) is 3.44. The molecule has 1 aliphatic rings. The van der Waals surface area contributed by atoms with Crippen LogP contribution in [0.2, 0.25) is 5.02 Å². The molecule has 1 fully saturated rings. The molecule has 182 valence electrons. The van der Waals surface area contributed by atoms with Gasteiger partial charge in [0.25, 0.3) is 0 Å². The van der Waals surface area contributed by atoms with Crippen LogP contribution in [0, 0.1) is 5.82 Å². The smallest absolute Gasteiger partial charge is 0.376 e. The first-order valence-corrected chi connectivity index (χ1v) is 10.2. The number of nitrogens with one attached hydrogen (secondary N) is 3. The lowest BCUT2D eigenvalue weighted by molar-refractivity contribution is -0.119. The Kier molecular flexibility index (Phi) is 11.2. The van der Waals surface area contributed by atoms with Crippen LogP contribution in [0.25, 0.3) is 11.3 Å². The molecular formula is C21H27ClFN3O7. The van der Waals surface area contributed by atoms with Crippen molar-refractivity contribution in [2.45, 2.75) is 26.3 Å². The lowest BCUT2D eigenvalue weighted by Gasteiger charge is -2.11. The molecule has 0 aliphatic carbocycles. The molecule has 33 heavy (non-hydrogen) atoms. The Bertz CT molecular complexity index is 981. The molecule has 0 saturated carbocycles. The standard InChI is InChI=1S/C18H17ClFN3O6.C2H6.CH4O/c1-27-14-4-9(10(19)5-11(14)20)13-6-12(16(29-13)17(25)28-2)23-18(26)22-8-3-15(24)21-7-8;2*1-2/h4-6,8H,3,7H2,1-2H3,(H,21,24)(H2,22,23,26);1-2H3;2H,1H3. The van der Waals surface area contributed by atoms with E-state index in [1.54, 1.807) is 0 Å². The molecule has 1 saturated heterocycles. The molecule has 1 aromatic heterocycles. The molecule has 12 heteroatoms. The number of aliphatic hydroxyl groups excluding tert-OH is 1. The monoisotopic (exact) mass is 487 g/mol. The number of benzene rings is 1. The van der Waals surface area contributed by atoms with Gasteiger partial charge in [-0.1, -0.05) is 25.4 Å². The molecule has 4 N–H and O–H groups in total. The number of carbonyl (C=O) groups is 3. The zero-order valence-corrected chi connectivity index (χ0v) is 19.6. The van der Waals surface area contributed by atoms with Gasteiger partial charge in [-0.3, -0.25) is 4.79 Å². The van der Waals surface area contributed by atoms with Gasteiger partial charge in [-0.15, -0.1) is 0 Å². The van der Waals surface area contributed by atoms with Gasteiger partial charge in [0, 0.05) is 31.7 Å². The van der Waals surface area contributed by atoms with Crippen molar-refractivity contribution in [3.63, 3.8) is 0 Å². The van der Waals surface area contributed by atoms with Gasteiger partial charge in [0.2, 0.25) is 11.7 Å². The van der Waals surface area contributed by atoms with E-state index in [0.717, 1.165) is 20.3 Å². The van der Waals surface area contributed by atoms with Crippen LogP contribution in [0.4, 0.5) is 14.9 Å². The van der Waals surface area contributed by atoms with Crippen molar-refractivity contribution in [1.82, 2.24) is 10.6 Å². The summed E-state index contributed by atoms with van der Waals surface area (Å²) in [5.41, 5.74) is 0.259. The van der Waals surface area contributed by atoms with Crippen LogP contribution in [0.5, 0.6) is 5.75 Å². The van der Waals surface area contributed by atoms with Gasteiger partial charge < -0.3 is 34.9 Å². The molecule has 0 radical (unpaired) electrons. The molecule has 3 rings (SSSR count). The van der Waals surface area contributed by atoms with Crippen molar-refractivity contribution in [2.24, 2.45) is 0 Å². The molecule has 2 heterocycles. The summed E-state index contributed by atoms with van der Waals surface area (Å²) >= 11 is 6.09. The number of methoxy groups -OCH3 is 2. The highest BCUT2D eigenvalue weighted by atomic mass is 35.5. The van der Waals surface area contributed by atoms with E-state index in [9.17, 15) is 18.8 Å². The second-order valence-electron chi connectivity index (χ2n) is 6.12. The van der Waals surface area contributed by atoms with E-state index in [2.05, 4.69) is 20.7 Å². The highest BCUT2D eigenvalue weighted by Crippen LogP contribution is 2.37. The first kappa shape index (κ1) is 27.7. The average Bonchev–Trinajstić information content (AvgIpc) is 3.41. The maximum Gasteiger partial charge on any atom is 0.376 e. The minimum Gasteiger partial charge on any atom is -0.494 e. The third-order valence-electron chi connectivity index (χ3n) is 4.17. The average molecular weight is 488 g/mol. The van der Waals surface area contributed by atoms with Gasteiger partial charge in [-0.2, -0.15) is 0 Å². The fourth-order valence-corrected chi connectivity index (χ4v) is 3.03. The third kappa shape index (κ3) is 7.09. The predicted molar refractivity (Wildman–Crippen MR) is 120 cm³/mol. The maximum atomic E-state index is 13.8. The number of esters is 1. The molecule has 1 aliphatic heterocycles. The van der Waals surface area contributed by atoms with Crippen molar-refractivity contribution in [3.8, 4) is 17.1 Å². The Morgan fingerprint density at radius 3 is 2.45 bits per heavy atom.